The van der Waals surface area contributed by atoms with E-state index in [2.05, 4.69) is 17.2 Å². The number of hydrogen-bond acceptors (Lipinski definition) is 5. The summed E-state index contributed by atoms with van der Waals surface area (Å²) < 4.78 is 2.53. The van der Waals surface area contributed by atoms with Gasteiger partial charge in [0.15, 0.2) is 5.13 Å². The van der Waals surface area contributed by atoms with E-state index in [0.717, 1.165) is 35.9 Å². The molecule has 0 aliphatic carbocycles. The molecule has 0 radical (unpaired) electrons. The number of thiazole rings is 1. The van der Waals surface area contributed by atoms with Crippen LogP contribution in [0.15, 0.2) is 53.3 Å². The molecule has 1 amide bonds. The first-order chi connectivity index (χ1) is 14.6. The average Bonchev–Trinajstić information content (AvgIpc) is 3.15. The van der Waals surface area contributed by atoms with Crippen molar-refractivity contribution in [3.63, 3.8) is 0 Å². The van der Waals surface area contributed by atoms with Gasteiger partial charge in [0.1, 0.15) is 11.3 Å². The van der Waals surface area contributed by atoms with Crippen LogP contribution in [0.4, 0.5) is 5.13 Å². The van der Waals surface area contributed by atoms with Crippen molar-refractivity contribution in [1.29, 1.82) is 0 Å². The van der Waals surface area contributed by atoms with Gasteiger partial charge in [0, 0.05) is 11.9 Å². The summed E-state index contributed by atoms with van der Waals surface area (Å²) in [5.74, 6) is -0.941. The molecule has 0 bridgehead atoms. The van der Waals surface area contributed by atoms with Gasteiger partial charge >= 0.3 is 0 Å². The SMILES string of the molecule is CCCCCCn1c(=O)c(C(=O)Nc2nc3ccccc3s2)c(O)c2ccccc21. The number of nitrogens with zero attached hydrogens (tertiary/aromatic N) is 2. The van der Waals surface area contributed by atoms with E-state index in [4.69, 9.17) is 0 Å². The molecule has 2 heterocycles. The molecule has 0 aliphatic rings. The Morgan fingerprint density at radius 1 is 1.10 bits per heavy atom. The van der Waals surface area contributed by atoms with Gasteiger partial charge in [-0.1, -0.05) is 61.8 Å². The zero-order valence-electron chi connectivity index (χ0n) is 16.7. The number of carbonyl (C=O) groups is 1. The van der Waals surface area contributed by atoms with Gasteiger partial charge in [0.25, 0.3) is 11.5 Å². The number of rotatable bonds is 7. The quantitative estimate of drug-likeness (QED) is 0.404. The molecule has 0 atom stereocenters. The number of aromatic nitrogens is 2. The number of unbranched alkanes of at least 4 members (excludes halogenated alkanes) is 3. The Hall–Kier alpha value is -3.19. The minimum Gasteiger partial charge on any atom is -0.506 e. The number of carbonyl (C=O) groups excluding carboxylic acids is 1. The third-order valence-corrected chi connectivity index (χ3v) is 6.07. The second-order valence-electron chi connectivity index (χ2n) is 7.20. The van der Waals surface area contributed by atoms with Crippen LogP contribution >= 0.6 is 11.3 Å². The van der Waals surface area contributed by atoms with Gasteiger partial charge in [-0.05, 0) is 30.7 Å². The number of aryl methyl sites for hydroxylation is 1. The molecular weight excluding hydrogens is 398 g/mol. The van der Waals surface area contributed by atoms with Gasteiger partial charge in [-0.25, -0.2) is 4.98 Å². The van der Waals surface area contributed by atoms with E-state index in [1.54, 1.807) is 22.8 Å². The van der Waals surface area contributed by atoms with Gasteiger partial charge in [0.05, 0.1) is 15.7 Å². The van der Waals surface area contributed by atoms with Crippen molar-refractivity contribution in [3.05, 3.63) is 64.4 Å². The Kier molecular flexibility index (Phi) is 5.81. The molecule has 0 unspecified atom stereocenters. The number of benzene rings is 2. The number of para-hydroxylation sites is 2. The van der Waals surface area contributed by atoms with Crippen LogP contribution in [0.3, 0.4) is 0 Å². The summed E-state index contributed by atoms with van der Waals surface area (Å²) in [6.45, 7) is 2.63. The van der Waals surface area contributed by atoms with Crippen LogP contribution in [0.1, 0.15) is 43.0 Å². The van der Waals surface area contributed by atoms with E-state index in [0.29, 0.717) is 22.6 Å². The van der Waals surface area contributed by atoms with Gasteiger partial charge < -0.3 is 9.67 Å². The number of nitrogens with one attached hydrogen (secondary N) is 1. The van der Waals surface area contributed by atoms with Crippen LogP contribution in [0.2, 0.25) is 0 Å². The maximum atomic E-state index is 13.2. The zero-order chi connectivity index (χ0) is 21.1. The Morgan fingerprint density at radius 3 is 2.67 bits per heavy atom. The summed E-state index contributed by atoms with van der Waals surface area (Å²) in [4.78, 5) is 30.6. The Bertz CT molecular complexity index is 1240. The minimum absolute atomic E-state index is 0.247. The van der Waals surface area contributed by atoms with Gasteiger partial charge in [-0.2, -0.15) is 0 Å². The summed E-state index contributed by atoms with van der Waals surface area (Å²) >= 11 is 1.33. The van der Waals surface area contributed by atoms with Crippen molar-refractivity contribution in [2.75, 3.05) is 5.32 Å². The second kappa shape index (κ2) is 8.67. The molecule has 7 heteroatoms. The summed E-state index contributed by atoms with van der Waals surface area (Å²) in [6, 6.07) is 14.7. The molecule has 2 N–H and O–H groups in total. The highest BCUT2D eigenvalue weighted by Crippen LogP contribution is 2.29. The topological polar surface area (TPSA) is 84.2 Å². The summed E-state index contributed by atoms with van der Waals surface area (Å²) in [6.07, 6.45) is 4.03. The summed E-state index contributed by atoms with van der Waals surface area (Å²) in [7, 11) is 0. The third-order valence-electron chi connectivity index (χ3n) is 5.12. The molecular formula is C23H23N3O3S. The smallest absolute Gasteiger partial charge is 0.267 e. The molecule has 0 fully saturated rings. The largest absolute Gasteiger partial charge is 0.506 e. The van der Waals surface area contributed by atoms with E-state index in [1.807, 2.05) is 30.3 Å². The monoisotopic (exact) mass is 421 g/mol. The van der Waals surface area contributed by atoms with Crippen molar-refractivity contribution in [2.24, 2.45) is 0 Å². The standard InChI is InChI=1S/C23H23N3O3S/c1-2-3-4-9-14-26-17-12-7-5-10-15(17)20(27)19(22(26)29)21(28)25-23-24-16-11-6-8-13-18(16)30-23/h5-8,10-13,27H,2-4,9,14H2,1H3,(H,24,25,28). The Labute approximate surface area is 177 Å². The van der Waals surface area contributed by atoms with Crippen LogP contribution in [0, 0.1) is 0 Å². The normalized spacial score (nSPS) is 11.2. The molecule has 154 valence electrons. The number of hydrogen-bond donors (Lipinski definition) is 2. The number of aromatic hydroxyl groups is 1. The fourth-order valence-corrected chi connectivity index (χ4v) is 4.46. The molecule has 2 aromatic carbocycles. The first-order valence-electron chi connectivity index (χ1n) is 10.1. The van der Waals surface area contributed by atoms with Gasteiger partial charge in [0.2, 0.25) is 0 Å². The van der Waals surface area contributed by atoms with E-state index in [1.165, 1.54) is 11.3 Å². The predicted molar refractivity (Wildman–Crippen MR) is 122 cm³/mol. The van der Waals surface area contributed by atoms with Crippen LogP contribution in [-0.4, -0.2) is 20.6 Å². The van der Waals surface area contributed by atoms with Crippen LogP contribution in [0.5, 0.6) is 5.75 Å². The molecule has 0 spiro atoms. The second-order valence-corrected chi connectivity index (χ2v) is 8.23. The Morgan fingerprint density at radius 2 is 1.87 bits per heavy atom. The maximum absolute atomic E-state index is 13.2. The number of fused-ring (bicyclic) bond motifs is 2. The van der Waals surface area contributed by atoms with E-state index < -0.39 is 11.5 Å². The van der Waals surface area contributed by atoms with E-state index in [-0.39, 0.29) is 11.3 Å². The molecule has 4 rings (SSSR count). The highest BCUT2D eigenvalue weighted by molar-refractivity contribution is 7.22. The van der Waals surface area contributed by atoms with Crippen molar-refractivity contribution < 1.29 is 9.90 Å². The molecule has 30 heavy (non-hydrogen) atoms. The first-order valence-corrected chi connectivity index (χ1v) is 10.9. The number of amides is 1. The lowest BCUT2D eigenvalue weighted by atomic mass is 10.1. The van der Waals surface area contributed by atoms with Crippen LogP contribution in [-0.2, 0) is 6.54 Å². The van der Waals surface area contributed by atoms with Crippen molar-refractivity contribution in [3.8, 4) is 5.75 Å². The lowest BCUT2D eigenvalue weighted by Gasteiger charge is -2.14. The van der Waals surface area contributed by atoms with Gasteiger partial charge in [-0.3, -0.25) is 14.9 Å². The summed E-state index contributed by atoms with van der Waals surface area (Å²) in [5, 5.41) is 14.3. The average molecular weight is 422 g/mol. The molecule has 0 saturated carbocycles. The number of pyridine rings is 1. The lowest BCUT2D eigenvalue weighted by Crippen LogP contribution is -2.30. The predicted octanol–water partition coefficient (Wildman–Crippen LogP) is 5.15. The first kappa shape index (κ1) is 20.1. The minimum atomic E-state index is -0.649. The Balaban J connectivity index is 1.73. The van der Waals surface area contributed by atoms with Gasteiger partial charge in [-0.15, -0.1) is 0 Å². The lowest BCUT2D eigenvalue weighted by molar-refractivity contribution is 0.102. The molecule has 6 nitrogen and oxygen atoms in total. The highest BCUT2D eigenvalue weighted by atomic mass is 32.1. The van der Waals surface area contributed by atoms with E-state index in [9.17, 15) is 14.7 Å². The molecule has 0 aliphatic heterocycles. The highest BCUT2D eigenvalue weighted by Gasteiger charge is 2.23. The van der Waals surface area contributed by atoms with Crippen molar-refractivity contribution in [1.82, 2.24) is 9.55 Å². The molecule has 0 saturated heterocycles. The third kappa shape index (κ3) is 3.80. The summed E-state index contributed by atoms with van der Waals surface area (Å²) in [5.41, 5.74) is 0.673. The molecule has 4 aromatic rings. The molecule has 2 aromatic heterocycles. The number of anilines is 1. The fourth-order valence-electron chi connectivity index (χ4n) is 3.60. The zero-order valence-corrected chi connectivity index (χ0v) is 17.5. The van der Waals surface area contributed by atoms with Crippen LogP contribution in [0.25, 0.3) is 21.1 Å². The van der Waals surface area contributed by atoms with Crippen molar-refractivity contribution in [2.45, 2.75) is 39.2 Å². The van der Waals surface area contributed by atoms with Crippen molar-refractivity contribution >= 4 is 43.5 Å². The van der Waals surface area contributed by atoms with E-state index >= 15 is 0 Å². The maximum Gasteiger partial charge on any atom is 0.267 e. The van der Waals surface area contributed by atoms with Crippen LogP contribution < -0.4 is 10.9 Å². The fraction of sp³-hybridized carbons (Fsp3) is 0.261.